The fourth-order valence-electron chi connectivity index (χ4n) is 2.88. The number of aryl methyl sites for hydroxylation is 1. The van der Waals surface area contributed by atoms with E-state index in [1.807, 2.05) is 13.8 Å². The van der Waals surface area contributed by atoms with Crippen LogP contribution in [0.5, 0.6) is 5.75 Å². The van der Waals surface area contributed by atoms with Gasteiger partial charge in [0.1, 0.15) is 5.75 Å². The molecule has 0 aliphatic heterocycles. The zero-order valence-corrected chi connectivity index (χ0v) is 16.7. The van der Waals surface area contributed by atoms with Crippen LogP contribution in [-0.2, 0) is 5.41 Å². The Hall–Kier alpha value is 0.126. The van der Waals surface area contributed by atoms with Gasteiger partial charge in [-0.15, -0.1) is 0 Å². The van der Waals surface area contributed by atoms with Crippen molar-refractivity contribution in [1.82, 2.24) is 0 Å². The van der Waals surface area contributed by atoms with E-state index < -0.39 is 5.97 Å². The Morgan fingerprint density at radius 2 is 1.70 bits per heavy atom. The number of carboxylic acid groups (broad SMARTS) is 1. The molecule has 0 saturated carbocycles. The van der Waals surface area contributed by atoms with E-state index in [1.165, 1.54) is 6.07 Å². The van der Waals surface area contributed by atoms with Crippen molar-refractivity contribution >= 4 is 5.97 Å². The predicted molar refractivity (Wildman–Crippen MR) is 74.3 cm³/mol. The summed E-state index contributed by atoms with van der Waals surface area (Å²) in [5, 5.41) is 21.2. The fraction of sp³-hybridized carbons (Fsp3) is 0.562. The summed E-state index contributed by atoms with van der Waals surface area (Å²) >= 11 is 0. The number of aromatic hydroxyl groups is 1. The van der Waals surface area contributed by atoms with Gasteiger partial charge in [-0.25, -0.2) is 0 Å². The van der Waals surface area contributed by atoms with Crippen LogP contribution in [0.1, 0.15) is 62.5 Å². The van der Waals surface area contributed by atoms with Gasteiger partial charge in [-0.2, -0.15) is 0 Å². The predicted octanol–water partition coefficient (Wildman–Crippen LogP) is -0.218. The van der Waals surface area contributed by atoms with Crippen molar-refractivity contribution in [3.8, 4) is 5.75 Å². The number of phenols is 1. The number of hydrogen-bond donors (Lipinski definition) is 1. The maximum atomic E-state index is 11.1. The maximum Gasteiger partial charge on any atom is 1.00 e. The van der Waals surface area contributed by atoms with Crippen molar-refractivity contribution in [3.05, 3.63) is 28.8 Å². The van der Waals surface area contributed by atoms with Crippen molar-refractivity contribution in [1.29, 1.82) is 0 Å². The van der Waals surface area contributed by atoms with Gasteiger partial charge in [0.2, 0.25) is 0 Å². The number of benzene rings is 1. The van der Waals surface area contributed by atoms with Crippen molar-refractivity contribution in [2.24, 2.45) is 5.41 Å². The van der Waals surface area contributed by atoms with Crippen molar-refractivity contribution in [3.63, 3.8) is 0 Å². The molecule has 20 heavy (non-hydrogen) atoms. The van der Waals surface area contributed by atoms with Crippen LogP contribution in [0, 0.1) is 12.3 Å². The molecule has 0 aromatic heterocycles. The molecule has 1 aromatic carbocycles. The molecule has 0 spiro atoms. The summed E-state index contributed by atoms with van der Waals surface area (Å²) in [5.41, 5.74) is 1.11. The van der Waals surface area contributed by atoms with Gasteiger partial charge < -0.3 is 15.0 Å². The third-order valence-electron chi connectivity index (χ3n) is 3.26. The SMILES string of the molecule is Cc1cc(O)c(C(C)(C)CC(C)(C)C)cc1C(=O)[O-].[K+]. The van der Waals surface area contributed by atoms with Gasteiger partial charge in [-0.3, -0.25) is 0 Å². The molecule has 4 heteroatoms. The second-order valence-corrected chi connectivity index (χ2v) is 7.09. The van der Waals surface area contributed by atoms with Crippen LogP contribution >= 0.6 is 0 Å². The monoisotopic (exact) mass is 302 g/mol. The molecule has 0 aliphatic rings. The molecule has 0 fully saturated rings. The number of carbonyl (C=O) groups is 1. The first-order valence-electron chi connectivity index (χ1n) is 6.49. The van der Waals surface area contributed by atoms with E-state index in [0.29, 0.717) is 11.1 Å². The minimum atomic E-state index is -1.20. The standard InChI is InChI=1S/C16H24O3.K/c1-10-7-13(17)12(8-11(10)14(18)19)16(5,6)9-15(2,3)4;/h7-8,17H,9H2,1-6H3,(H,18,19);/q;+1/p-1. The van der Waals surface area contributed by atoms with E-state index in [-0.39, 0.29) is 73.5 Å². The minimum Gasteiger partial charge on any atom is -0.545 e. The number of hydrogen-bond acceptors (Lipinski definition) is 3. The molecule has 1 aromatic rings. The summed E-state index contributed by atoms with van der Waals surface area (Å²) in [5.74, 6) is -1.05. The van der Waals surface area contributed by atoms with Gasteiger partial charge in [0.05, 0.1) is 5.97 Å². The zero-order chi connectivity index (χ0) is 15.0. The van der Waals surface area contributed by atoms with Crippen LogP contribution in [0.15, 0.2) is 12.1 Å². The Labute approximate surface area is 164 Å². The Kier molecular flexibility index (Phi) is 6.97. The Morgan fingerprint density at radius 3 is 2.10 bits per heavy atom. The second kappa shape index (κ2) is 6.92. The number of aromatic carboxylic acids is 1. The molecular formula is C16H23KO3. The van der Waals surface area contributed by atoms with Crippen LogP contribution in [-0.4, -0.2) is 11.1 Å². The average Bonchev–Trinajstić information content (AvgIpc) is 2.11. The van der Waals surface area contributed by atoms with Gasteiger partial charge in [0, 0.05) is 11.1 Å². The Balaban J connectivity index is 0.00000361. The summed E-state index contributed by atoms with van der Waals surface area (Å²) in [4.78, 5) is 11.1. The van der Waals surface area contributed by atoms with E-state index in [9.17, 15) is 15.0 Å². The summed E-state index contributed by atoms with van der Waals surface area (Å²) in [6.07, 6.45) is 0.836. The van der Waals surface area contributed by atoms with Crippen molar-refractivity contribution in [2.75, 3.05) is 0 Å². The minimum absolute atomic E-state index is 0. The van der Waals surface area contributed by atoms with Crippen LogP contribution in [0.4, 0.5) is 0 Å². The molecular weight excluding hydrogens is 279 g/mol. The molecule has 3 nitrogen and oxygen atoms in total. The van der Waals surface area contributed by atoms with E-state index in [2.05, 4.69) is 20.8 Å². The van der Waals surface area contributed by atoms with Gasteiger partial charge in [-0.05, 0) is 41.9 Å². The molecule has 0 aliphatic carbocycles. The molecule has 0 bridgehead atoms. The maximum absolute atomic E-state index is 11.1. The third-order valence-corrected chi connectivity index (χ3v) is 3.26. The zero-order valence-electron chi connectivity index (χ0n) is 13.6. The van der Waals surface area contributed by atoms with Crippen LogP contribution in [0.2, 0.25) is 0 Å². The van der Waals surface area contributed by atoms with Gasteiger partial charge >= 0.3 is 51.4 Å². The molecule has 0 unspecified atom stereocenters. The van der Waals surface area contributed by atoms with Gasteiger partial charge in [0.25, 0.3) is 0 Å². The molecule has 106 valence electrons. The van der Waals surface area contributed by atoms with E-state index in [1.54, 1.807) is 13.0 Å². The molecule has 0 heterocycles. The first-order chi connectivity index (χ1) is 8.44. The summed E-state index contributed by atoms with van der Waals surface area (Å²) in [6.45, 7) is 12.1. The largest absolute Gasteiger partial charge is 1.00 e. The normalized spacial score (nSPS) is 11.9. The summed E-state index contributed by atoms with van der Waals surface area (Å²) in [6, 6.07) is 3.05. The molecule has 0 radical (unpaired) electrons. The Morgan fingerprint density at radius 1 is 1.20 bits per heavy atom. The molecule has 1 rings (SSSR count). The van der Waals surface area contributed by atoms with Crippen LogP contribution in [0.25, 0.3) is 0 Å². The first kappa shape index (κ1) is 20.1. The summed E-state index contributed by atoms with van der Waals surface area (Å²) < 4.78 is 0. The van der Waals surface area contributed by atoms with Crippen molar-refractivity contribution < 1.29 is 66.4 Å². The number of carboxylic acids is 1. The molecule has 0 atom stereocenters. The van der Waals surface area contributed by atoms with E-state index in [0.717, 1.165) is 6.42 Å². The molecule has 0 amide bonds. The van der Waals surface area contributed by atoms with Crippen LogP contribution in [0.3, 0.4) is 0 Å². The Bertz CT molecular complexity index is 499. The summed E-state index contributed by atoms with van der Waals surface area (Å²) in [7, 11) is 0. The third kappa shape index (κ3) is 5.15. The van der Waals surface area contributed by atoms with E-state index in [4.69, 9.17) is 0 Å². The fourth-order valence-corrected chi connectivity index (χ4v) is 2.88. The first-order valence-corrected chi connectivity index (χ1v) is 6.49. The van der Waals surface area contributed by atoms with Gasteiger partial charge in [-0.1, -0.05) is 34.6 Å². The van der Waals surface area contributed by atoms with Crippen LogP contribution < -0.4 is 56.5 Å². The molecule has 1 N–H and O–H groups in total. The molecule has 0 saturated heterocycles. The topological polar surface area (TPSA) is 60.4 Å². The number of phenolic OH excluding ortho intramolecular Hbond substituents is 1. The van der Waals surface area contributed by atoms with Gasteiger partial charge in [0.15, 0.2) is 0 Å². The smallest absolute Gasteiger partial charge is 0.545 e. The second-order valence-electron chi connectivity index (χ2n) is 7.09. The van der Waals surface area contributed by atoms with E-state index >= 15 is 0 Å². The average molecular weight is 302 g/mol. The number of carbonyl (C=O) groups excluding carboxylic acids is 1. The number of rotatable bonds is 3. The van der Waals surface area contributed by atoms with Crippen molar-refractivity contribution in [2.45, 2.75) is 53.4 Å². The quantitative estimate of drug-likeness (QED) is 0.786.